The molecule has 0 saturated carbocycles. The van der Waals surface area contributed by atoms with Crippen molar-refractivity contribution in [3.8, 4) is 11.1 Å². The summed E-state index contributed by atoms with van der Waals surface area (Å²) in [6.45, 7) is 8.29. The fourth-order valence-corrected chi connectivity index (χ4v) is 4.16. The molecule has 0 radical (unpaired) electrons. The first kappa shape index (κ1) is 22.8. The summed E-state index contributed by atoms with van der Waals surface area (Å²) in [6, 6.07) is 16.7. The van der Waals surface area contributed by atoms with E-state index in [-0.39, 0.29) is 17.7 Å². The Hall–Kier alpha value is -2.92. The number of rotatable bonds is 8. The minimum absolute atomic E-state index is 0.0359. The van der Waals surface area contributed by atoms with Gasteiger partial charge >= 0.3 is 0 Å². The van der Waals surface area contributed by atoms with Gasteiger partial charge in [-0.25, -0.2) is 0 Å². The van der Waals surface area contributed by atoms with Crippen LogP contribution < -0.4 is 0 Å². The zero-order chi connectivity index (χ0) is 22.2. The highest BCUT2D eigenvalue weighted by molar-refractivity contribution is 5.82. The Morgan fingerprint density at radius 3 is 2.74 bits per heavy atom. The lowest BCUT2D eigenvalue weighted by molar-refractivity contribution is -0.134. The number of benzene rings is 2. The van der Waals surface area contributed by atoms with Crippen LogP contribution in [0.1, 0.15) is 17.5 Å². The molecule has 2 aromatic rings. The van der Waals surface area contributed by atoms with Gasteiger partial charge in [0.1, 0.15) is 0 Å². The average molecular weight is 421 g/mol. The second-order valence-corrected chi connectivity index (χ2v) is 8.07. The van der Waals surface area contributed by atoms with E-state index in [1.165, 1.54) is 11.1 Å². The molecule has 0 bridgehead atoms. The van der Waals surface area contributed by atoms with Gasteiger partial charge < -0.3 is 14.5 Å². The Balaban J connectivity index is 1.83. The standard InChI is InChI=1S/C26H32N2O3/c1-4-13-27-14-15-28(25(29)12-16-31-3)19-23(26(27)30)18-21-9-7-10-22(17-21)24-11-6-5-8-20(24)2/h4-11,17,23H,1,12-16,18-19H2,2-3H3. The molecule has 1 heterocycles. The Labute approximate surface area is 185 Å². The number of ether oxygens (including phenoxy) is 1. The summed E-state index contributed by atoms with van der Waals surface area (Å²) in [4.78, 5) is 29.5. The highest BCUT2D eigenvalue weighted by Crippen LogP contribution is 2.26. The Kier molecular flexibility index (Phi) is 8.01. The maximum Gasteiger partial charge on any atom is 0.228 e. The largest absolute Gasteiger partial charge is 0.384 e. The number of carbonyl (C=O) groups is 2. The van der Waals surface area contributed by atoms with Crippen molar-refractivity contribution in [1.82, 2.24) is 9.80 Å². The summed E-state index contributed by atoms with van der Waals surface area (Å²) in [5, 5.41) is 0. The second kappa shape index (κ2) is 10.9. The highest BCUT2D eigenvalue weighted by atomic mass is 16.5. The van der Waals surface area contributed by atoms with Crippen LogP contribution in [0.4, 0.5) is 0 Å². The van der Waals surface area contributed by atoms with Gasteiger partial charge in [0.25, 0.3) is 0 Å². The van der Waals surface area contributed by atoms with Crippen LogP contribution in [0.25, 0.3) is 11.1 Å². The Morgan fingerprint density at radius 1 is 1.19 bits per heavy atom. The third-order valence-electron chi connectivity index (χ3n) is 5.83. The number of hydrogen-bond acceptors (Lipinski definition) is 3. The third-order valence-corrected chi connectivity index (χ3v) is 5.83. The van der Waals surface area contributed by atoms with Crippen molar-refractivity contribution >= 4 is 11.8 Å². The molecule has 1 aliphatic heterocycles. The number of methoxy groups -OCH3 is 1. The van der Waals surface area contributed by atoms with Crippen molar-refractivity contribution in [3.05, 3.63) is 72.3 Å². The van der Waals surface area contributed by atoms with Gasteiger partial charge in [0.15, 0.2) is 0 Å². The Bertz CT molecular complexity index is 924. The predicted octanol–water partition coefficient (Wildman–Crippen LogP) is 3.71. The van der Waals surface area contributed by atoms with Crippen LogP contribution >= 0.6 is 0 Å². The first-order valence-corrected chi connectivity index (χ1v) is 10.8. The van der Waals surface area contributed by atoms with Crippen molar-refractivity contribution < 1.29 is 14.3 Å². The van der Waals surface area contributed by atoms with E-state index in [0.29, 0.717) is 45.6 Å². The van der Waals surface area contributed by atoms with Crippen molar-refractivity contribution in [2.45, 2.75) is 19.8 Å². The molecule has 1 aliphatic rings. The summed E-state index contributed by atoms with van der Waals surface area (Å²) < 4.78 is 5.06. The molecule has 1 unspecified atom stereocenters. The molecule has 0 spiro atoms. The highest BCUT2D eigenvalue weighted by Gasteiger charge is 2.31. The molecule has 0 aliphatic carbocycles. The molecule has 31 heavy (non-hydrogen) atoms. The van der Waals surface area contributed by atoms with Crippen LogP contribution in [0, 0.1) is 12.8 Å². The van der Waals surface area contributed by atoms with Gasteiger partial charge in [-0.2, -0.15) is 0 Å². The SMILES string of the molecule is C=CCN1CCN(C(=O)CCOC)CC(Cc2cccc(-c3ccccc3C)c2)C1=O. The molecular weight excluding hydrogens is 388 g/mol. The van der Waals surface area contributed by atoms with Crippen LogP contribution in [-0.2, 0) is 20.7 Å². The maximum atomic E-state index is 13.2. The lowest BCUT2D eigenvalue weighted by Gasteiger charge is -2.24. The van der Waals surface area contributed by atoms with Crippen LogP contribution in [-0.4, -0.2) is 61.5 Å². The topological polar surface area (TPSA) is 49.9 Å². The number of nitrogens with zero attached hydrogens (tertiary/aromatic N) is 2. The van der Waals surface area contributed by atoms with E-state index >= 15 is 0 Å². The molecular formula is C26H32N2O3. The van der Waals surface area contributed by atoms with Gasteiger partial charge in [0.2, 0.25) is 11.8 Å². The molecule has 0 aromatic heterocycles. The van der Waals surface area contributed by atoms with Crippen molar-refractivity contribution in [2.75, 3.05) is 39.9 Å². The van der Waals surface area contributed by atoms with Gasteiger partial charge in [0.05, 0.1) is 18.9 Å². The summed E-state index contributed by atoms with van der Waals surface area (Å²) in [5.41, 5.74) is 4.66. The minimum Gasteiger partial charge on any atom is -0.384 e. The second-order valence-electron chi connectivity index (χ2n) is 8.07. The van der Waals surface area contributed by atoms with Gasteiger partial charge in [-0.1, -0.05) is 54.6 Å². The van der Waals surface area contributed by atoms with E-state index in [1.807, 2.05) is 28.0 Å². The van der Waals surface area contributed by atoms with E-state index in [0.717, 1.165) is 11.1 Å². The number of aryl methyl sites for hydroxylation is 1. The van der Waals surface area contributed by atoms with E-state index in [2.05, 4.69) is 43.8 Å². The lowest BCUT2D eigenvalue weighted by atomic mass is 9.93. The minimum atomic E-state index is -0.277. The molecule has 164 valence electrons. The van der Waals surface area contributed by atoms with Crippen molar-refractivity contribution in [1.29, 1.82) is 0 Å². The summed E-state index contributed by atoms with van der Waals surface area (Å²) in [5.74, 6) is -0.155. The molecule has 1 saturated heterocycles. The first-order chi connectivity index (χ1) is 15.0. The number of hydrogen-bond donors (Lipinski definition) is 0. The number of carbonyl (C=O) groups excluding carboxylic acids is 2. The fourth-order valence-electron chi connectivity index (χ4n) is 4.16. The van der Waals surface area contributed by atoms with E-state index < -0.39 is 0 Å². The molecule has 2 aromatic carbocycles. The zero-order valence-electron chi connectivity index (χ0n) is 18.5. The van der Waals surface area contributed by atoms with E-state index in [1.54, 1.807) is 13.2 Å². The normalized spacial score (nSPS) is 16.8. The number of amides is 2. The monoisotopic (exact) mass is 420 g/mol. The van der Waals surface area contributed by atoms with Crippen LogP contribution in [0.5, 0.6) is 0 Å². The van der Waals surface area contributed by atoms with Crippen LogP contribution in [0.2, 0.25) is 0 Å². The lowest BCUT2D eigenvalue weighted by Crippen LogP contribution is -2.38. The Morgan fingerprint density at radius 2 is 2.00 bits per heavy atom. The van der Waals surface area contributed by atoms with Crippen molar-refractivity contribution in [2.24, 2.45) is 5.92 Å². The first-order valence-electron chi connectivity index (χ1n) is 10.8. The zero-order valence-corrected chi connectivity index (χ0v) is 18.5. The predicted molar refractivity (Wildman–Crippen MR) is 124 cm³/mol. The average Bonchev–Trinajstić information content (AvgIpc) is 2.92. The molecule has 3 rings (SSSR count). The third kappa shape index (κ3) is 5.82. The molecule has 1 fully saturated rings. The van der Waals surface area contributed by atoms with E-state index in [9.17, 15) is 9.59 Å². The molecule has 5 heteroatoms. The van der Waals surface area contributed by atoms with Crippen molar-refractivity contribution in [3.63, 3.8) is 0 Å². The van der Waals surface area contributed by atoms with Crippen LogP contribution in [0.15, 0.2) is 61.2 Å². The molecule has 0 N–H and O–H groups in total. The molecule has 2 amide bonds. The smallest absolute Gasteiger partial charge is 0.228 e. The molecule has 1 atom stereocenters. The fraction of sp³-hybridized carbons (Fsp3) is 0.385. The molecule has 5 nitrogen and oxygen atoms in total. The van der Waals surface area contributed by atoms with Gasteiger partial charge in [-0.05, 0) is 35.6 Å². The maximum absolute atomic E-state index is 13.2. The van der Waals surface area contributed by atoms with Crippen LogP contribution in [0.3, 0.4) is 0 Å². The van der Waals surface area contributed by atoms with Gasteiger partial charge in [0, 0.05) is 33.3 Å². The summed E-state index contributed by atoms with van der Waals surface area (Å²) >= 11 is 0. The van der Waals surface area contributed by atoms with Gasteiger partial charge in [-0.3, -0.25) is 9.59 Å². The van der Waals surface area contributed by atoms with Gasteiger partial charge in [-0.15, -0.1) is 6.58 Å². The van der Waals surface area contributed by atoms with E-state index in [4.69, 9.17) is 4.74 Å². The summed E-state index contributed by atoms with van der Waals surface area (Å²) in [7, 11) is 1.59. The quantitative estimate of drug-likeness (QED) is 0.612. The summed E-state index contributed by atoms with van der Waals surface area (Å²) in [6.07, 6.45) is 2.68.